The number of nitrogens with one attached hydrogen (secondary N) is 2. The summed E-state index contributed by atoms with van der Waals surface area (Å²) in [5, 5.41) is 5.18. The zero-order valence-corrected chi connectivity index (χ0v) is 14.7. The van der Waals surface area contributed by atoms with Crippen molar-refractivity contribution >= 4 is 17.9 Å². The van der Waals surface area contributed by atoms with Gasteiger partial charge in [-0.15, -0.1) is 0 Å². The molecule has 2 rings (SSSR count). The van der Waals surface area contributed by atoms with E-state index in [9.17, 15) is 14.0 Å². The summed E-state index contributed by atoms with van der Waals surface area (Å²) in [6.07, 6.45) is 1.31. The van der Waals surface area contributed by atoms with Crippen molar-refractivity contribution in [2.75, 3.05) is 20.3 Å². The minimum absolute atomic E-state index is 0.0446. The van der Waals surface area contributed by atoms with E-state index in [4.69, 9.17) is 4.74 Å². The minimum Gasteiger partial charge on any atom is -0.383 e. The largest absolute Gasteiger partial charge is 0.383 e. The summed E-state index contributed by atoms with van der Waals surface area (Å²) in [4.78, 5) is 24.8. The fraction of sp³-hybridized carbons (Fsp3) is 0.200. The van der Waals surface area contributed by atoms with Gasteiger partial charge in [0.15, 0.2) is 0 Å². The van der Waals surface area contributed by atoms with Crippen LogP contribution in [0.15, 0.2) is 54.2 Å². The highest BCUT2D eigenvalue weighted by Crippen LogP contribution is 2.11. The Kier molecular flexibility index (Phi) is 7.05. The molecule has 5 nitrogen and oxygen atoms in total. The van der Waals surface area contributed by atoms with E-state index in [1.807, 2.05) is 6.92 Å². The highest BCUT2D eigenvalue weighted by atomic mass is 19.1. The monoisotopic (exact) mass is 356 g/mol. The third kappa shape index (κ3) is 5.53. The molecule has 0 aromatic heterocycles. The molecule has 0 radical (unpaired) electrons. The molecule has 0 heterocycles. The predicted molar refractivity (Wildman–Crippen MR) is 97.9 cm³/mol. The second-order valence-corrected chi connectivity index (χ2v) is 5.65. The number of hydrogen-bond acceptors (Lipinski definition) is 3. The Labute approximate surface area is 151 Å². The lowest BCUT2D eigenvalue weighted by molar-refractivity contribution is -0.117. The lowest BCUT2D eigenvalue weighted by Crippen LogP contribution is -2.36. The number of ether oxygens (including phenoxy) is 1. The molecule has 0 aliphatic heterocycles. The maximum atomic E-state index is 13.9. The van der Waals surface area contributed by atoms with Crippen molar-refractivity contribution in [1.29, 1.82) is 0 Å². The molecule has 0 saturated carbocycles. The van der Waals surface area contributed by atoms with Gasteiger partial charge in [0.25, 0.3) is 11.8 Å². The van der Waals surface area contributed by atoms with Crippen molar-refractivity contribution in [1.82, 2.24) is 10.6 Å². The van der Waals surface area contributed by atoms with E-state index < -0.39 is 17.6 Å². The molecular formula is C20H21FN2O3. The number of carbonyl (C=O) groups is 2. The zero-order valence-electron chi connectivity index (χ0n) is 14.7. The molecule has 0 bridgehead atoms. The summed E-state index contributed by atoms with van der Waals surface area (Å²) in [7, 11) is 1.52. The second kappa shape index (κ2) is 9.48. The topological polar surface area (TPSA) is 67.4 Å². The summed E-state index contributed by atoms with van der Waals surface area (Å²) in [5.41, 5.74) is 1.58. The number of rotatable bonds is 7. The molecule has 26 heavy (non-hydrogen) atoms. The van der Waals surface area contributed by atoms with E-state index in [0.29, 0.717) is 12.2 Å². The first kappa shape index (κ1) is 19.3. The maximum Gasteiger partial charge on any atom is 0.267 e. The van der Waals surface area contributed by atoms with Crippen molar-refractivity contribution in [3.8, 4) is 0 Å². The molecule has 0 fully saturated rings. The van der Waals surface area contributed by atoms with Gasteiger partial charge in [-0.2, -0.15) is 0 Å². The molecule has 2 amide bonds. The Hall–Kier alpha value is -2.99. The Bertz CT molecular complexity index is 801. The Morgan fingerprint density at radius 2 is 1.81 bits per heavy atom. The molecule has 2 aromatic carbocycles. The molecule has 136 valence electrons. The molecule has 0 aliphatic carbocycles. The van der Waals surface area contributed by atoms with E-state index >= 15 is 0 Å². The number of amides is 2. The van der Waals surface area contributed by atoms with Crippen LogP contribution in [-0.4, -0.2) is 32.1 Å². The van der Waals surface area contributed by atoms with Gasteiger partial charge in [0.2, 0.25) is 0 Å². The van der Waals surface area contributed by atoms with Crippen molar-refractivity contribution in [2.45, 2.75) is 6.92 Å². The molecule has 2 N–H and O–H groups in total. The van der Waals surface area contributed by atoms with E-state index in [0.717, 1.165) is 5.56 Å². The summed E-state index contributed by atoms with van der Waals surface area (Å²) in [6, 6.07) is 12.9. The van der Waals surface area contributed by atoms with E-state index in [1.165, 1.54) is 25.3 Å². The number of benzene rings is 2. The predicted octanol–water partition coefficient (Wildman–Crippen LogP) is 2.67. The first-order valence-corrected chi connectivity index (χ1v) is 8.12. The van der Waals surface area contributed by atoms with Gasteiger partial charge in [-0.25, -0.2) is 4.39 Å². The molecule has 0 atom stereocenters. The van der Waals surface area contributed by atoms with Gasteiger partial charge >= 0.3 is 0 Å². The summed E-state index contributed by atoms with van der Waals surface area (Å²) in [6.45, 7) is 2.50. The van der Waals surface area contributed by atoms with Crippen LogP contribution in [0.5, 0.6) is 0 Å². The van der Waals surface area contributed by atoms with Gasteiger partial charge in [-0.1, -0.05) is 35.9 Å². The zero-order chi connectivity index (χ0) is 18.9. The highest BCUT2D eigenvalue weighted by molar-refractivity contribution is 6.05. The Morgan fingerprint density at radius 1 is 1.12 bits per heavy atom. The van der Waals surface area contributed by atoms with Crippen LogP contribution < -0.4 is 10.6 Å². The minimum atomic E-state index is -0.522. The number of aryl methyl sites for hydroxylation is 1. The lowest BCUT2D eigenvalue weighted by Gasteiger charge is -2.11. The summed E-state index contributed by atoms with van der Waals surface area (Å²) < 4.78 is 18.8. The lowest BCUT2D eigenvalue weighted by atomic mass is 10.1. The average Bonchev–Trinajstić information content (AvgIpc) is 2.63. The van der Waals surface area contributed by atoms with Crippen molar-refractivity contribution < 1.29 is 18.7 Å². The number of methoxy groups -OCH3 is 1. The average molecular weight is 356 g/mol. The smallest absolute Gasteiger partial charge is 0.267 e. The third-order valence-electron chi connectivity index (χ3n) is 3.60. The van der Waals surface area contributed by atoms with E-state index in [-0.39, 0.29) is 17.8 Å². The quantitative estimate of drug-likeness (QED) is 0.592. The molecule has 0 spiro atoms. The van der Waals surface area contributed by atoms with Crippen LogP contribution in [0, 0.1) is 12.7 Å². The van der Waals surface area contributed by atoms with Gasteiger partial charge in [0.1, 0.15) is 11.5 Å². The van der Waals surface area contributed by atoms with Crippen LogP contribution in [-0.2, 0) is 9.53 Å². The van der Waals surface area contributed by atoms with Gasteiger partial charge < -0.3 is 15.4 Å². The van der Waals surface area contributed by atoms with Crippen LogP contribution in [0.25, 0.3) is 6.08 Å². The van der Waals surface area contributed by atoms with Gasteiger partial charge in [-0.3, -0.25) is 9.59 Å². The first-order chi connectivity index (χ1) is 12.5. The summed E-state index contributed by atoms with van der Waals surface area (Å²) >= 11 is 0. The number of halogens is 1. The molecule has 0 aliphatic rings. The normalized spacial score (nSPS) is 11.1. The van der Waals surface area contributed by atoms with Gasteiger partial charge in [0, 0.05) is 24.8 Å². The summed E-state index contributed by atoms with van der Waals surface area (Å²) in [5.74, 6) is -1.46. The van der Waals surface area contributed by atoms with Crippen LogP contribution in [0.3, 0.4) is 0 Å². The SMILES string of the molecule is COCCNC(=O)/C(=C\c1ccccc1F)NC(=O)c1ccc(C)cc1. The number of carbonyl (C=O) groups excluding carboxylic acids is 2. The highest BCUT2D eigenvalue weighted by Gasteiger charge is 2.15. The van der Waals surface area contributed by atoms with Gasteiger partial charge in [-0.05, 0) is 31.2 Å². The fourth-order valence-electron chi connectivity index (χ4n) is 2.17. The number of hydrogen-bond donors (Lipinski definition) is 2. The van der Waals surface area contributed by atoms with Crippen LogP contribution in [0.2, 0.25) is 0 Å². The molecule has 0 saturated heterocycles. The van der Waals surface area contributed by atoms with Crippen LogP contribution in [0.4, 0.5) is 4.39 Å². The van der Waals surface area contributed by atoms with Gasteiger partial charge in [0.05, 0.1) is 6.61 Å². The Morgan fingerprint density at radius 3 is 2.46 bits per heavy atom. The molecule has 2 aromatic rings. The van der Waals surface area contributed by atoms with Crippen molar-refractivity contribution in [3.63, 3.8) is 0 Å². The van der Waals surface area contributed by atoms with Crippen LogP contribution >= 0.6 is 0 Å². The van der Waals surface area contributed by atoms with E-state index in [1.54, 1.807) is 36.4 Å². The van der Waals surface area contributed by atoms with Crippen LogP contribution in [0.1, 0.15) is 21.5 Å². The van der Waals surface area contributed by atoms with Crippen molar-refractivity contribution in [2.24, 2.45) is 0 Å². The maximum absolute atomic E-state index is 13.9. The molecule has 6 heteroatoms. The van der Waals surface area contributed by atoms with E-state index in [2.05, 4.69) is 10.6 Å². The first-order valence-electron chi connectivity index (χ1n) is 8.12. The standard InChI is InChI=1S/C20H21FN2O3/c1-14-7-9-15(10-8-14)19(24)23-18(20(25)22-11-12-26-2)13-16-5-3-4-6-17(16)21/h3-10,13H,11-12H2,1-2H3,(H,22,25)(H,23,24)/b18-13+. The fourth-order valence-corrected chi connectivity index (χ4v) is 2.17. The second-order valence-electron chi connectivity index (χ2n) is 5.65. The molecular weight excluding hydrogens is 335 g/mol. The third-order valence-corrected chi connectivity index (χ3v) is 3.60. The molecule has 0 unspecified atom stereocenters. The van der Waals surface area contributed by atoms with Crippen molar-refractivity contribution in [3.05, 3.63) is 76.7 Å². The Balaban J connectivity index is 2.25.